The number of hydrogen-bond donors (Lipinski definition) is 1. The Labute approximate surface area is 178 Å². The van der Waals surface area contributed by atoms with Crippen molar-refractivity contribution in [2.45, 2.75) is 40.2 Å². The van der Waals surface area contributed by atoms with Crippen LogP contribution in [-0.4, -0.2) is 43.3 Å². The molecule has 1 N–H and O–H groups in total. The van der Waals surface area contributed by atoms with E-state index in [-0.39, 0.29) is 12.5 Å². The number of ether oxygens (including phenoxy) is 2. The van der Waals surface area contributed by atoms with E-state index in [1.807, 2.05) is 51.1 Å². The number of hydrazone groups is 1. The maximum Gasteiger partial charge on any atom is 0.277 e. The zero-order valence-corrected chi connectivity index (χ0v) is 18.3. The monoisotopic (exact) mass is 409 g/mol. The molecule has 0 spiro atoms. The Balaban J connectivity index is 1.59. The van der Waals surface area contributed by atoms with Crippen LogP contribution in [0.2, 0.25) is 0 Å². The summed E-state index contributed by atoms with van der Waals surface area (Å²) in [5.74, 6) is 1.26. The highest BCUT2D eigenvalue weighted by molar-refractivity contribution is 5.99. The first-order chi connectivity index (χ1) is 14.5. The van der Waals surface area contributed by atoms with Crippen LogP contribution in [0, 0.1) is 13.8 Å². The predicted molar refractivity (Wildman–Crippen MR) is 119 cm³/mol. The van der Waals surface area contributed by atoms with Crippen molar-refractivity contribution in [1.82, 2.24) is 10.3 Å². The first kappa shape index (κ1) is 21.8. The molecule has 0 unspecified atom stereocenters. The van der Waals surface area contributed by atoms with Gasteiger partial charge in [0.1, 0.15) is 11.5 Å². The van der Waals surface area contributed by atoms with Crippen molar-refractivity contribution in [3.8, 4) is 11.5 Å². The molecule has 3 rings (SSSR count). The van der Waals surface area contributed by atoms with Gasteiger partial charge in [0.2, 0.25) is 0 Å². The van der Waals surface area contributed by atoms with E-state index in [9.17, 15) is 4.79 Å². The van der Waals surface area contributed by atoms with Gasteiger partial charge in [-0.25, -0.2) is 5.43 Å². The van der Waals surface area contributed by atoms with Crippen LogP contribution in [0.15, 0.2) is 41.5 Å². The number of carbonyl (C=O) groups is 1. The van der Waals surface area contributed by atoms with Crippen molar-refractivity contribution >= 4 is 11.6 Å². The van der Waals surface area contributed by atoms with E-state index in [4.69, 9.17) is 9.47 Å². The molecule has 1 saturated heterocycles. The Morgan fingerprint density at radius 3 is 2.57 bits per heavy atom. The first-order valence-corrected chi connectivity index (χ1v) is 10.4. The third-order valence-electron chi connectivity index (χ3n) is 5.49. The lowest BCUT2D eigenvalue weighted by Crippen LogP contribution is -2.25. The molecule has 160 valence electrons. The summed E-state index contributed by atoms with van der Waals surface area (Å²) in [7, 11) is 1.69. The van der Waals surface area contributed by atoms with Gasteiger partial charge in [0, 0.05) is 12.1 Å². The fraction of sp³-hybridized carbons (Fsp3) is 0.417. The van der Waals surface area contributed by atoms with Crippen molar-refractivity contribution < 1.29 is 14.3 Å². The normalized spacial score (nSPS) is 14.6. The van der Waals surface area contributed by atoms with E-state index >= 15 is 0 Å². The van der Waals surface area contributed by atoms with Crippen LogP contribution in [0.5, 0.6) is 11.5 Å². The lowest BCUT2D eigenvalue weighted by Gasteiger charge is -2.17. The van der Waals surface area contributed by atoms with Gasteiger partial charge in [0.05, 0.1) is 12.8 Å². The average molecular weight is 410 g/mol. The first-order valence-electron chi connectivity index (χ1n) is 10.4. The number of benzene rings is 2. The van der Waals surface area contributed by atoms with E-state index < -0.39 is 0 Å². The van der Waals surface area contributed by atoms with Crippen LogP contribution in [0.25, 0.3) is 0 Å². The number of nitrogens with one attached hydrogen (secondary N) is 1. The molecule has 0 saturated carbocycles. The number of nitrogens with zero attached hydrogens (tertiary/aromatic N) is 2. The summed E-state index contributed by atoms with van der Waals surface area (Å²) in [6.07, 6.45) is 2.50. The Kier molecular flexibility index (Phi) is 7.46. The molecule has 1 aliphatic heterocycles. The molecule has 1 fully saturated rings. The molecule has 2 aromatic carbocycles. The van der Waals surface area contributed by atoms with Gasteiger partial charge in [-0.3, -0.25) is 9.69 Å². The smallest absolute Gasteiger partial charge is 0.277 e. The van der Waals surface area contributed by atoms with Crippen LogP contribution in [0.3, 0.4) is 0 Å². The number of rotatable bonds is 8. The number of likely N-dealkylation sites (tertiary alicyclic amines) is 1. The Bertz CT molecular complexity index is 918. The second-order valence-electron chi connectivity index (χ2n) is 7.78. The van der Waals surface area contributed by atoms with Crippen LogP contribution in [0.1, 0.15) is 42.0 Å². The maximum absolute atomic E-state index is 12.1. The van der Waals surface area contributed by atoms with Gasteiger partial charge in [-0.1, -0.05) is 6.07 Å². The number of amides is 1. The number of methoxy groups -OCH3 is 1. The molecule has 1 heterocycles. The standard InChI is InChI=1S/C24H31N3O3/c1-17-7-9-22(13-18(17)2)30-16-24(28)26-25-19(3)20-8-10-23(29-4)21(14-20)15-27-11-5-6-12-27/h7-10,13-14H,5-6,11-12,15-16H2,1-4H3,(H,26,28)/b25-19-. The van der Waals surface area contributed by atoms with Crippen molar-refractivity contribution in [3.05, 3.63) is 58.7 Å². The molecular formula is C24H31N3O3. The molecule has 0 aromatic heterocycles. The van der Waals surface area contributed by atoms with Crippen molar-refractivity contribution in [2.75, 3.05) is 26.8 Å². The maximum atomic E-state index is 12.1. The predicted octanol–water partition coefficient (Wildman–Crippen LogP) is 3.83. The largest absolute Gasteiger partial charge is 0.496 e. The summed E-state index contributed by atoms with van der Waals surface area (Å²) < 4.78 is 11.1. The third-order valence-corrected chi connectivity index (χ3v) is 5.49. The summed E-state index contributed by atoms with van der Waals surface area (Å²) in [5, 5.41) is 4.25. The Morgan fingerprint density at radius 1 is 1.10 bits per heavy atom. The minimum atomic E-state index is -0.293. The third kappa shape index (κ3) is 5.83. The van der Waals surface area contributed by atoms with Gasteiger partial charge in [0.15, 0.2) is 6.61 Å². The highest BCUT2D eigenvalue weighted by atomic mass is 16.5. The lowest BCUT2D eigenvalue weighted by atomic mass is 10.1. The average Bonchev–Trinajstić information content (AvgIpc) is 3.26. The summed E-state index contributed by atoms with van der Waals surface area (Å²) >= 11 is 0. The topological polar surface area (TPSA) is 63.2 Å². The molecule has 6 heteroatoms. The van der Waals surface area contributed by atoms with Gasteiger partial charge < -0.3 is 9.47 Å². The van der Waals surface area contributed by atoms with E-state index in [0.29, 0.717) is 5.75 Å². The molecule has 0 atom stereocenters. The molecular weight excluding hydrogens is 378 g/mol. The number of carbonyl (C=O) groups excluding carboxylic acids is 1. The fourth-order valence-electron chi connectivity index (χ4n) is 3.50. The lowest BCUT2D eigenvalue weighted by molar-refractivity contribution is -0.123. The van der Waals surface area contributed by atoms with Gasteiger partial charge >= 0.3 is 0 Å². The summed E-state index contributed by atoms with van der Waals surface area (Å²) in [4.78, 5) is 14.6. The highest BCUT2D eigenvalue weighted by Crippen LogP contribution is 2.24. The zero-order valence-electron chi connectivity index (χ0n) is 18.3. The second-order valence-corrected chi connectivity index (χ2v) is 7.78. The zero-order chi connectivity index (χ0) is 21.5. The number of hydrogen-bond acceptors (Lipinski definition) is 5. The SMILES string of the molecule is COc1ccc(/C(C)=N\NC(=O)COc2ccc(C)c(C)c2)cc1CN1CCCC1. The second kappa shape index (κ2) is 10.3. The number of aryl methyl sites for hydroxylation is 2. The van der Waals surface area contributed by atoms with Crippen molar-refractivity contribution in [3.63, 3.8) is 0 Å². The Morgan fingerprint density at radius 2 is 1.87 bits per heavy atom. The minimum Gasteiger partial charge on any atom is -0.496 e. The molecule has 0 aliphatic carbocycles. The molecule has 30 heavy (non-hydrogen) atoms. The van der Waals surface area contributed by atoms with E-state index in [1.54, 1.807) is 7.11 Å². The van der Waals surface area contributed by atoms with Gasteiger partial charge in [-0.15, -0.1) is 0 Å². The van der Waals surface area contributed by atoms with E-state index in [2.05, 4.69) is 21.5 Å². The van der Waals surface area contributed by atoms with Gasteiger partial charge in [-0.05, 0) is 93.7 Å². The summed E-state index contributed by atoms with van der Waals surface area (Å²) in [5.41, 5.74) is 7.73. The summed E-state index contributed by atoms with van der Waals surface area (Å²) in [6.45, 7) is 8.96. The molecule has 1 amide bonds. The minimum absolute atomic E-state index is 0.0812. The van der Waals surface area contributed by atoms with Crippen LogP contribution in [0.4, 0.5) is 0 Å². The van der Waals surface area contributed by atoms with Crippen molar-refractivity contribution in [1.29, 1.82) is 0 Å². The quantitative estimate of drug-likeness (QED) is 0.532. The molecule has 6 nitrogen and oxygen atoms in total. The molecule has 2 aromatic rings. The van der Waals surface area contributed by atoms with Crippen LogP contribution >= 0.6 is 0 Å². The van der Waals surface area contributed by atoms with E-state index in [1.165, 1.54) is 18.4 Å². The van der Waals surface area contributed by atoms with Gasteiger partial charge in [0.25, 0.3) is 5.91 Å². The van der Waals surface area contributed by atoms with Crippen molar-refractivity contribution in [2.24, 2.45) is 5.10 Å². The van der Waals surface area contributed by atoms with Gasteiger partial charge in [-0.2, -0.15) is 5.10 Å². The molecule has 0 bridgehead atoms. The highest BCUT2D eigenvalue weighted by Gasteiger charge is 2.15. The fourth-order valence-corrected chi connectivity index (χ4v) is 3.50. The Hall–Kier alpha value is -2.86. The summed E-state index contributed by atoms with van der Waals surface area (Å²) in [6, 6.07) is 11.8. The van der Waals surface area contributed by atoms with E-state index in [0.717, 1.165) is 47.8 Å². The van der Waals surface area contributed by atoms with Crippen LogP contribution in [-0.2, 0) is 11.3 Å². The molecule has 0 radical (unpaired) electrons. The van der Waals surface area contributed by atoms with Crippen LogP contribution < -0.4 is 14.9 Å². The molecule has 1 aliphatic rings.